The van der Waals surface area contributed by atoms with Gasteiger partial charge in [0.15, 0.2) is 0 Å². The lowest BCUT2D eigenvalue weighted by molar-refractivity contribution is 0.677. The van der Waals surface area contributed by atoms with Crippen molar-refractivity contribution in [3.8, 4) is 0 Å². The molecule has 1 atom stereocenters. The minimum absolute atomic E-state index is 0.270. The molecule has 0 aromatic heterocycles. The third-order valence-corrected chi connectivity index (χ3v) is 3.38. The van der Waals surface area contributed by atoms with Crippen LogP contribution in [0.25, 0.3) is 0 Å². The fraction of sp³-hybridized carbons (Fsp3) is 0.333. The molecule has 0 radical (unpaired) electrons. The van der Waals surface area contributed by atoms with Crippen molar-refractivity contribution in [3.63, 3.8) is 0 Å². The van der Waals surface area contributed by atoms with Gasteiger partial charge < -0.3 is 5.73 Å². The van der Waals surface area contributed by atoms with Crippen LogP contribution in [0.3, 0.4) is 0 Å². The van der Waals surface area contributed by atoms with Crippen LogP contribution in [-0.4, -0.2) is 11.5 Å². The predicted molar refractivity (Wildman–Crippen MR) is 73.0 cm³/mol. The topological polar surface area (TPSA) is 50.7 Å². The van der Waals surface area contributed by atoms with Crippen LogP contribution < -0.4 is 5.73 Å². The molecule has 0 amide bonds. The Morgan fingerprint density at radius 3 is 2.76 bits per heavy atom. The zero-order valence-corrected chi connectivity index (χ0v) is 11.0. The second-order valence-corrected chi connectivity index (χ2v) is 4.85. The Balaban J connectivity index is 2.44. The van der Waals surface area contributed by atoms with E-state index in [4.69, 9.17) is 28.9 Å². The standard InChI is InChI=1S/C12H13Cl2N3/c1-2-7-5-11(15)16-17-12(7)9-4-3-8(13)6-10(9)14/h3-4,6-7H,2,5H2,1H3,(H2,15,16). The van der Waals surface area contributed by atoms with Gasteiger partial charge in [-0.2, -0.15) is 5.10 Å². The van der Waals surface area contributed by atoms with E-state index in [1.807, 2.05) is 6.07 Å². The van der Waals surface area contributed by atoms with Crippen LogP contribution in [-0.2, 0) is 0 Å². The van der Waals surface area contributed by atoms with E-state index in [9.17, 15) is 0 Å². The summed E-state index contributed by atoms with van der Waals surface area (Å²) in [4.78, 5) is 0. The molecule has 1 aliphatic heterocycles. The molecule has 0 spiro atoms. The number of hydrogen-bond donors (Lipinski definition) is 1. The van der Waals surface area contributed by atoms with Gasteiger partial charge in [0.1, 0.15) is 5.84 Å². The molecular formula is C12H13Cl2N3. The minimum atomic E-state index is 0.270. The lowest BCUT2D eigenvalue weighted by atomic mass is 9.90. The Kier molecular flexibility index (Phi) is 3.69. The monoisotopic (exact) mass is 269 g/mol. The van der Waals surface area contributed by atoms with E-state index < -0.39 is 0 Å². The van der Waals surface area contributed by atoms with Gasteiger partial charge in [0.2, 0.25) is 0 Å². The van der Waals surface area contributed by atoms with Crippen molar-refractivity contribution in [2.24, 2.45) is 21.9 Å². The molecule has 1 unspecified atom stereocenters. The maximum Gasteiger partial charge on any atom is 0.123 e. The number of halogens is 2. The molecule has 1 heterocycles. The highest BCUT2D eigenvalue weighted by molar-refractivity contribution is 6.37. The summed E-state index contributed by atoms with van der Waals surface area (Å²) in [5, 5.41) is 9.33. The third-order valence-electron chi connectivity index (χ3n) is 2.83. The maximum atomic E-state index is 6.18. The number of hydrogen-bond acceptors (Lipinski definition) is 3. The molecule has 5 heteroatoms. The molecule has 90 valence electrons. The van der Waals surface area contributed by atoms with Gasteiger partial charge in [-0.15, -0.1) is 5.10 Å². The van der Waals surface area contributed by atoms with Crippen molar-refractivity contribution in [1.82, 2.24) is 0 Å². The van der Waals surface area contributed by atoms with Crippen molar-refractivity contribution in [2.75, 3.05) is 0 Å². The number of nitrogens with zero attached hydrogens (tertiary/aromatic N) is 2. The smallest absolute Gasteiger partial charge is 0.123 e. The van der Waals surface area contributed by atoms with Crippen molar-refractivity contribution in [3.05, 3.63) is 33.8 Å². The van der Waals surface area contributed by atoms with Crippen LogP contribution >= 0.6 is 23.2 Å². The van der Waals surface area contributed by atoms with Gasteiger partial charge in [-0.25, -0.2) is 0 Å². The highest BCUT2D eigenvalue weighted by Crippen LogP contribution is 2.27. The van der Waals surface area contributed by atoms with Crippen LogP contribution in [0.15, 0.2) is 28.4 Å². The minimum Gasteiger partial charge on any atom is -0.386 e. The summed E-state index contributed by atoms with van der Waals surface area (Å²) in [5.74, 6) is 0.844. The van der Waals surface area contributed by atoms with Crippen molar-refractivity contribution >= 4 is 34.7 Å². The van der Waals surface area contributed by atoms with Crippen molar-refractivity contribution in [1.29, 1.82) is 0 Å². The predicted octanol–water partition coefficient (Wildman–Crippen LogP) is 3.48. The lowest BCUT2D eigenvalue weighted by Gasteiger charge is -2.20. The van der Waals surface area contributed by atoms with Crippen molar-refractivity contribution in [2.45, 2.75) is 19.8 Å². The van der Waals surface area contributed by atoms with E-state index in [0.29, 0.717) is 15.9 Å². The Bertz CT molecular complexity index is 495. The fourth-order valence-corrected chi connectivity index (χ4v) is 2.40. The molecule has 2 N–H and O–H groups in total. The highest BCUT2D eigenvalue weighted by Gasteiger charge is 2.22. The summed E-state index contributed by atoms with van der Waals surface area (Å²) >= 11 is 12.1. The molecule has 17 heavy (non-hydrogen) atoms. The maximum absolute atomic E-state index is 6.18. The molecule has 1 aromatic rings. The molecule has 2 rings (SSSR count). The average molecular weight is 270 g/mol. The van der Waals surface area contributed by atoms with E-state index in [1.54, 1.807) is 12.1 Å². The molecule has 1 aromatic carbocycles. The molecule has 0 bridgehead atoms. The van der Waals surface area contributed by atoms with Crippen LogP contribution in [0, 0.1) is 5.92 Å². The summed E-state index contributed by atoms with van der Waals surface area (Å²) < 4.78 is 0. The Morgan fingerprint density at radius 2 is 2.12 bits per heavy atom. The molecule has 0 saturated heterocycles. The van der Waals surface area contributed by atoms with Gasteiger partial charge in [-0.1, -0.05) is 36.2 Å². The van der Waals surface area contributed by atoms with Gasteiger partial charge in [-0.3, -0.25) is 0 Å². The zero-order valence-electron chi connectivity index (χ0n) is 9.45. The summed E-state index contributed by atoms with van der Waals surface area (Å²) in [6.07, 6.45) is 1.68. The van der Waals surface area contributed by atoms with Gasteiger partial charge in [0, 0.05) is 22.9 Å². The first-order chi connectivity index (χ1) is 8.11. The number of benzene rings is 1. The van der Waals surface area contributed by atoms with Gasteiger partial charge in [-0.05, 0) is 18.6 Å². The summed E-state index contributed by atoms with van der Waals surface area (Å²) in [6.45, 7) is 2.10. The fourth-order valence-electron chi connectivity index (χ4n) is 1.90. The van der Waals surface area contributed by atoms with Crippen molar-refractivity contribution < 1.29 is 0 Å². The van der Waals surface area contributed by atoms with Crippen LogP contribution in [0.4, 0.5) is 0 Å². The SMILES string of the molecule is CCC1CC(N)=NN=C1c1ccc(Cl)cc1Cl. The second kappa shape index (κ2) is 5.07. The number of rotatable bonds is 2. The van der Waals surface area contributed by atoms with Gasteiger partial charge in [0.25, 0.3) is 0 Å². The van der Waals surface area contributed by atoms with Crippen LogP contribution in [0.1, 0.15) is 25.3 Å². The first kappa shape index (κ1) is 12.4. The molecule has 0 aliphatic carbocycles. The summed E-state index contributed by atoms with van der Waals surface area (Å²) in [5.41, 5.74) is 7.47. The number of nitrogens with two attached hydrogens (primary N) is 1. The second-order valence-electron chi connectivity index (χ2n) is 4.01. The zero-order chi connectivity index (χ0) is 12.4. The van der Waals surface area contributed by atoms with Crippen LogP contribution in [0.5, 0.6) is 0 Å². The Hall–Kier alpha value is -1.06. The molecule has 1 aliphatic rings. The average Bonchev–Trinajstić information content (AvgIpc) is 2.30. The van der Waals surface area contributed by atoms with Crippen LogP contribution in [0.2, 0.25) is 10.0 Å². The van der Waals surface area contributed by atoms with Gasteiger partial charge in [0.05, 0.1) is 10.7 Å². The first-order valence-corrected chi connectivity index (χ1v) is 6.22. The quantitative estimate of drug-likeness (QED) is 0.878. The summed E-state index contributed by atoms with van der Waals surface area (Å²) in [6, 6.07) is 5.40. The lowest BCUT2D eigenvalue weighted by Crippen LogP contribution is -2.26. The molecule has 0 fully saturated rings. The molecular weight excluding hydrogens is 257 g/mol. The van der Waals surface area contributed by atoms with E-state index in [2.05, 4.69) is 17.1 Å². The van der Waals surface area contributed by atoms with E-state index in [1.165, 1.54) is 0 Å². The largest absolute Gasteiger partial charge is 0.386 e. The van der Waals surface area contributed by atoms with E-state index >= 15 is 0 Å². The third kappa shape index (κ3) is 2.61. The number of amidine groups is 1. The summed E-state index contributed by atoms with van der Waals surface area (Å²) in [7, 11) is 0. The molecule has 0 saturated carbocycles. The first-order valence-electron chi connectivity index (χ1n) is 5.47. The van der Waals surface area contributed by atoms with Gasteiger partial charge >= 0.3 is 0 Å². The highest BCUT2D eigenvalue weighted by atomic mass is 35.5. The van der Waals surface area contributed by atoms with E-state index in [-0.39, 0.29) is 5.92 Å². The molecule has 3 nitrogen and oxygen atoms in total. The normalized spacial score (nSPS) is 19.8. The Labute approximate surface area is 110 Å². The van der Waals surface area contributed by atoms with E-state index in [0.717, 1.165) is 24.1 Å². The Morgan fingerprint density at radius 1 is 1.35 bits per heavy atom.